The van der Waals surface area contributed by atoms with Gasteiger partial charge in [0.2, 0.25) is 0 Å². The summed E-state index contributed by atoms with van der Waals surface area (Å²) in [5, 5.41) is 24.0. The third-order valence-corrected chi connectivity index (χ3v) is 4.78. The van der Waals surface area contributed by atoms with E-state index in [1.165, 1.54) is 12.1 Å². The molecule has 6 nitrogen and oxygen atoms in total. The van der Waals surface area contributed by atoms with E-state index in [9.17, 15) is 20.2 Å². The first-order chi connectivity index (χ1) is 12.5. The predicted molar refractivity (Wildman–Crippen MR) is 95.0 cm³/mol. The number of allylic oxidation sites excluding steroid dienone is 3. The smallest absolute Gasteiger partial charge is 0.269 e. The van der Waals surface area contributed by atoms with Crippen LogP contribution >= 0.6 is 0 Å². The highest BCUT2D eigenvalue weighted by Crippen LogP contribution is 2.46. The van der Waals surface area contributed by atoms with Crippen LogP contribution in [0.3, 0.4) is 0 Å². The number of rotatable bonds is 2. The monoisotopic (exact) mass is 343 g/mol. The molecule has 2 aromatic rings. The molecule has 2 aromatic carbocycles. The third kappa shape index (κ3) is 2.15. The predicted octanol–water partition coefficient (Wildman–Crippen LogP) is 3.69. The van der Waals surface area contributed by atoms with Crippen molar-refractivity contribution in [2.24, 2.45) is 0 Å². The summed E-state index contributed by atoms with van der Waals surface area (Å²) in [6, 6.07) is 15.6. The number of ketones is 1. The first kappa shape index (κ1) is 15.8. The first-order valence-corrected chi connectivity index (χ1v) is 8.03. The Bertz CT molecular complexity index is 1090. The molecule has 1 heterocycles. The van der Waals surface area contributed by atoms with Crippen molar-refractivity contribution in [1.82, 2.24) is 5.32 Å². The molecule has 0 bridgehead atoms. The number of nitriles is 1. The normalized spacial score (nSPS) is 18.2. The molecule has 0 saturated heterocycles. The van der Waals surface area contributed by atoms with Crippen LogP contribution in [0.1, 0.15) is 34.3 Å². The highest BCUT2D eigenvalue weighted by molar-refractivity contribution is 6.22. The third-order valence-electron chi connectivity index (χ3n) is 4.78. The van der Waals surface area contributed by atoms with Gasteiger partial charge >= 0.3 is 0 Å². The van der Waals surface area contributed by atoms with E-state index >= 15 is 0 Å². The Balaban J connectivity index is 1.95. The van der Waals surface area contributed by atoms with Gasteiger partial charge < -0.3 is 5.32 Å². The Hall–Kier alpha value is -3.72. The second kappa shape index (κ2) is 5.67. The molecule has 0 saturated carbocycles. The molecule has 1 aliphatic heterocycles. The topological polar surface area (TPSA) is 96.0 Å². The Morgan fingerprint density at radius 1 is 1.15 bits per heavy atom. The molecule has 1 atom stereocenters. The van der Waals surface area contributed by atoms with Gasteiger partial charge in [0.05, 0.1) is 28.2 Å². The fourth-order valence-electron chi connectivity index (χ4n) is 3.63. The standard InChI is InChI=1S/C20H13N3O3/c1-11-16(10-21)17(12-5-4-6-13(9-12)23(25)26)18-19(22-11)14-7-2-3-8-15(14)20(18)24/h2-9,17,22H,1H3/t17-/m1/s1. The lowest BCUT2D eigenvalue weighted by Gasteiger charge is -2.26. The van der Waals surface area contributed by atoms with Gasteiger partial charge in [-0.25, -0.2) is 0 Å². The minimum absolute atomic E-state index is 0.0684. The average Bonchev–Trinajstić information content (AvgIpc) is 2.93. The van der Waals surface area contributed by atoms with E-state index in [0.717, 1.165) is 5.56 Å². The van der Waals surface area contributed by atoms with Crippen LogP contribution in [0.5, 0.6) is 0 Å². The van der Waals surface area contributed by atoms with Gasteiger partial charge in [-0.1, -0.05) is 36.4 Å². The van der Waals surface area contributed by atoms with Gasteiger partial charge in [0.15, 0.2) is 5.78 Å². The molecular weight excluding hydrogens is 330 g/mol. The van der Waals surface area contributed by atoms with Crippen LogP contribution in [0.4, 0.5) is 5.69 Å². The molecule has 26 heavy (non-hydrogen) atoms. The summed E-state index contributed by atoms with van der Waals surface area (Å²) in [5.41, 5.74) is 4.04. The molecule has 0 amide bonds. The summed E-state index contributed by atoms with van der Waals surface area (Å²) < 4.78 is 0. The van der Waals surface area contributed by atoms with Gasteiger partial charge in [-0.05, 0) is 12.5 Å². The highest BCUT2D eigenvalue weighted by Gasteiger charge is 2.40. The van der Waals surface area contributed by atoms with Crippen molar-refractivity contribution in [2.75, 3.05) is 0 Å². The fourth-order valence-corrected chi connectivity index (χ4v) is 3.63. The quantitative estimate of drug-likeness (QED) is 0.663. The van der Waals surface area contributed by atoms with Crippen molar-refractivity contribution in [1.29, 1.82) is 5.26 Å². The van der Waals surface area contributed by atoms with E-state index in [0.29, 0.717) is 33.7 Å². The summed E-state index contributed by atoms with van der Waals surface area (Å²) in [6.45, 7) is 1.78. The SMILES string of the molecule is CC1=C(C#N)[C@@H](c2cccc([N+](=O)[O-])c2)C2=C(N1)c1ccccc1C2=O. The lowest BCUT2D eigenvalue weighted by atomic mass is 9.80. The highest BCUT2D eigenvalue weighted by atomic mass is 16.6. The van der Waals surface area contributed by atoms with Gasteiger partial charge in [0.25, 0.3) is 5.69 Å². The molecule has 6 heteroatoms. The van der Waals surface area contributed by atoms with Gasteiger partial charge in [-0.15, -0.1) is 0 Å². The number of Topliss-reactive ketones (excluding diaryl/α,β-unsaturated/α-hetero) is 1. The molecule has 1 N–H and O–H groups in total. The number of hydrogen-bond donors (Lipinski definition) is 1. The number of non-ortho nitro benzene ring substituents is 1. The Morgan fingerprint density at radius 2 is 1.88 bits per heavy atom. The molecule has 1 aliphatic carbocycles. The number of hydrogen-bond acceptors (Lipinski definition) is 5. The number of nitro groups is 1. The number of fused-ring (bicyclic) bond motifs is 2. The van der Waals surface area contributed by atoms with Crippen LogP contribution in [0.15, 0.2) is 65.4 Å². The number of carbonyl (C=O) groups excluding carboxylic acids is 1. The Morgan fingerprint density at radius 3 is 2.58 bits per heavy atom. The van der Waals surface area contributed by atoms with Crippen molar-refractivity contribution >= 4 is 17.2 Å². The Labute approximate surface area is 149 Å². The van der Waals surface area contributed by atoms with Crippen molar-refractivity contribution in [3.05, 3.63) is 92.2 Å². The van der Waals surface area contributed by atoms with Crippen LogP contribution in [-0.4, -0.2) is 10.7 Å². The van der Waals surface area contributed by atoms with Crippen molar-refractivity contribution in [3.63, 3.8) is 0 Å². The summed E-state index contributed by atoms with van der Waals surface area (Å²) in [7, 11) is 0. The van der Waals surface area contributed by atoms with Crippen LogP contribution in [0.25, 0.3) is 5.70 Å². The van der Waals surface area contributed by atoms with Crippen LogP contribution in [0, 0.1) is 21.4 Å². The number of carbonyl (C=O) groups is 1. The number of benzene rings is 2. The summed E-state index contributed by atoms with van der Waals surface area (Å²) in [6.07, 6.45) is 0. The molecule has 126 valence electrons. The number of nitrogens with one attached hydrogen (secondary N) is 1. The molecule has 0 spiro atoms. The minimum atomic E-state index is -0.629. The maximum Gasteiger partial charge on any atom is 0.269 e. The van der Waals surface area contributed by atoms with E-state index in [4.69, 9.17) is 0 Å². The van der Waals surface area contributed by atoms with Crippen molar-refractivity contribution < 1.29 is 9.72 Å². The lowest BCUT2D eigenvalue weighted by molar-refractivity contribution is -0.384. The second-order valence-electron chi connectivity index (χ2n) is 6.22. The number of nitro benzene ring substituents is 1. The van der Waals surface area contributed by atoms with Crippen LogP contribution in [0.2, 0.25) is 0 Å². The number of nitrogens with zero attached hydrogens (tertiary/aromatic N) is 2. The Kier molecular flexibility index (Phi) is 3.44. The molecule has 0 unspecified atom stereocenters. The molecule has 4 rings (SSSR count). The molecule has 0 radical (unpaired) electrons. The van der Waals surface area contributed by atoms with Gasteiger partial charge in [0, 0.05) is 34.5 Å². The summed E-state index contributed by atoms with van der Waals surface area (Å²) in [5.74, 6) is -0.782. The summed E-state index contributed by atoms with van der Waals surface area (Å²) in [4.78, 5) is 23.7. The minimum Gasteiger partial charge on any atom is -0.357 e. The largest absolute Gasteiger partial charge is 0.357 e. The van der Waals surface area contributed by atoms with Crippen LogP contribution in [-0.2, 0) is 0 Å². The zero-order valence-corrected chi connectivity index (χ0v) is 13.8. The van der Waals surface area contributed by atoms with Crippen LogP contribution < -0.4 is 5.32 Å². The molecule has 0 aromatic heterocycles. The second-order valence-corrected chi connectivity index (χ2v) is 6.22. The maximum absolute atomic E-state index is 13.0. The number of dihydropyridines is 1. The molecule has 2 aliphatic rings. The summed E-state index contributed by atoms with van der Waals surface area (Å²) >= 11 is 0. The molecule has 0 fully saturated rings. The van der Waals surface area contributed by atoms with Crippen molar-refractivity contribution in [2.45, 2.75) is 12.8 Å². The van der Waals surface area contributed by atoms with Crippen molar-refractivity contribution in [3.8, 4) is 6.07 Å². The van der Waals surface area contributed by atoms with Gasteiger partial charge in [0.1, 0.15) is 0 Å². The molecular formula is C20H13N3O3. The van der Waals surface area contributed by atoms with Gasteiger partial charge in [-0.2, -0.15) is 5.26 Å². The van der Waals surface area contributed by atoms with E-state index in [1.54, 1.807) is 31.2 Å². The fraction of sp³-hybridized carbons (Fsp3) is 0.100. The zero-order chi connectivity index (χ0) is 18.4. The van der Waals surface area contributed by atoms with E-state index in [-0.39, 0.29) is 11.5 Å². The van der Waals surface area contributed by atoms with Gasteiger partial charge in [-0.3, -0.25) is 14.9 Å². The lowest BCUT2D eigenvalue weighted by Crippen LogP contribution is -2.24. The van der Waals surface area contributed by atoms with E-state index in [1.807, 2.05) is 12.1 Å². The van der Waals surface area contributed by atoms with E-state index in [2.05, 4.69) is 11.4 Å². The van der Waals surface area contributed by atoms with E-state index < -0.39 is 10.8 Å². The average molecular weight is 343 g/mol. The first-order valence-electron chi connectivity index (χ1n) is 8.03. The maximum atomic E-state index is 13.0. The zero-order valence-electron chi connectivity index (χ0n) is 13.8.